The summed E-state index contributed by atoms with van der Waals surface area (Å²) >= 11 is 0. The maximum atomic E-state index is 13.3. The highest BCUT2D eigenvalue weighted by atomic mass is 19.1. The molecule has 3 unspecified atom stereocenters. The van der Waals surface area contributed by atoms with E-state index >= 15 is 0 Å². The minimum atomic E-state index is -0.642. The molecule has 0 aliphatic carbocycles. The number of hydrogen-bond acceptors (Lipinski definition) is 2. The second-order valence-electron chi connectivity index (χ2n) is 3.82. The molecular weight excluding hydrogens is 157 g/mol. The predicted molar refractivity (Wildman–Crippen MR) is 44.8 cm³/mol. The smallest absolute Gasteiger partial charge is 0.117 e. The topological polar surface area (TPSA) is 21.3 Å². The van der Waals surface area contributed by atoms with E-state index in [-0.39, 0.29) is 5.92 Å². The summed E-state index contributed by atoms with van der Waals surface area (Å²) in [6.45, 7) is 3.02. The molecule has 2 fully saturated rings. The fraction of sp³-hybridized carbons (Fsp3) is 1.00. The Morgan fingerprint density at radius 3 is 2.83 bits per heavy atom. The summed E-state index contributed by atoms with van der Waals surface area (Å²) in [5, 5.41) is 3.09. The van der Waals surface area contributed by atoms with Crippen molar-refractivity contribution in [2.24, 2.45) is 11.8 Å². The van der Waals surface area contributed by atoms with Crippen LogP contribution in [0.5, 0.6) is 0 Å². The van der Waals surface area contributed by atoms with Gasteiger partial charge < -0.3 is 10.1 Å². The van der Waals surface area contributed by atoms with Crippen LogP contribution in [-0.4, -0.2) is 32.5 Å². The summed E-state index contributed by atoms with van der Waals surface area (Å²) in [7, 11) is 0. The van der Waals surface area contributed by atoms with Crippen molar-refractivity contribution in [3.05, 3.63) is 0 Å². The summed E-state index contributed by atoms with van der Waals surface area (Å²) in [6, 6.07) is 0. The van der Waals surface area contributed by atoms with Crippen molar-refractivity contribution in [3.63, 3.8) is 0 Å². The zero-order chi connectivity index (χ0) is 8.39. The number of alkyl halides is 1. The molecule has 2 nitrogen and oxygen atoms in total. The minimum Gasteiger partial charge on any atom is -0.381 e. The lowest BCUT2D eigenvalue weighted by molar-refractivity contribution is 0.0211. The van der Waals surface area contributed by atoms with Crippen LogP contribution in [0.1, 0.15) is 12.8 Å². The van der Waals surface area contributed by atoms with Crippen LogP contribution in [0.3, 0.4) is 0 Å². The largest absolute Gasteiger partial charge is 0.381 e. The Labute approximate surface area is 72.5 Å². The maximum Gasteiger partial charge on any atom is 0.117 e. The van der Waals surface area contributed by atoms with E-state index in [1.54, 1.807) is 0 Å². The van der Waals surface area contributed by atoms with Crippen molar-refractivity contribution >= 4 is 0 Å². The summed E-state index contributed by atoms with van der Waals surface area (Å²) in [4.78, 5) is 0. The van der Waals surface area contributed by atoms with Crippen molar-refractivity contribution in [1.82, 2.24) is 5.32 Å². The van der Waals surface area contributed by atoms with Crippen molar-refractivity contribution < 1.29 is 9.13 Å². The third-order valence-corrected chi connectivity index (χ3v) is 2.98. The molecule has 3 atom stereocenters. The lowest BCUT2D eigenvalue weighted by Crippen LogP contribution is -2.30. The molecule has 0 bridgehead atoms. The summed E-state index contributed by atoms with van der Waals surface area (Å²) in [5.41, 5.74) is 0. The Morgan fingerprint density at radius 1 is 1.33 bits per heavy atom. The molecule has 2 aliphatic heterocycles. The number of hydrogen-bond donors (Lipinski definition) is 1. The van der Waals surface area contributed by atoms with Crippen molar-refractivity contribution in [3.8, 4) is 0 Å². The fourth-order valence-electron chi connectivity index (χ4n) is 2.23. The van der Waals surface area contributed by atoms with Crippen LogP contribution < -0.4 is 5.32 Å². The Bertz CT molecular complexity index is 147. The van der Waals surface area contributed by atoms with Gasteiger partial charge in [0.1, 0.15) is 6.17 Å². The molecule has 2 heterocycles. The number of nitrogens with one attached hydrogen (secondary N) is 1. The molecule has 2 rings (SSSR count). The molecular formula is C9H16FNO. The molecule has 0 aromatic heterocycles. The van der Waals surface area contributed by atoms with Crippen molar-refractivity contribution in [2.75, 3.05) is 26.3 Å². The summed E-state index contributed by atoms with van der Waals surface area (Å²) in [6.07, 6.45) is 1.61. The van der Waals surface area contributed by atoms with E-state index in [0.717, 1.165) is 32.6 Å². The van der Waals surface area contributed by atoms with E-state index < -0.39 is 6.17 Å². The highest BCUT2D eigenvalue weighted by Gasteiger charge is 2.34. The molecule has 2 saturated heterocycles. The normalized spacial score (nSPS) is 43.2. The van der Waals surface area contributed by atoms with Crippen LogP contribution in [0, 0.1) is 11.8 Å². The second-order valence-corrected chi connectivity index (χ2v) is 3.82. The van der Waals surface area contributed by atoms with Crippen molar-refractivity contribution in [2.45, 2.75) is 19.0 Å². The Hall–Kier alpha value is -0.150. The van der Waals surface area contributed by atoms with Gasteiger partial charge in [0.2, 0.25) is 0 Å². The molecule has 2 aliphatic rings. The van der Waals surface area contributed by atoms with Crippen LogP contribution in [-0.2, 0) is 4.74 Å². The van der Waals surface area contributed by atoms with Crippen molar-refractivity contribution in [1.29, 1.82) is 0 Å². The molecule has 70 valence electrons. The van der Waals surface area contributed by atoms with Crippen LogP contribution in [0.4, 0.5) is 4.39 Å². The van der Waals surface area contributed by atoms with Gasteiger partial charge in [-0.25, -0.2) is 4.39 Å². The Kier molecular flexibility index (Phi) is 2.61. The molecule has 1 N–H and O–H groups in total. The van der Waals surface area contributed by atoms with Crippen LogP contribution in [0.2, 0.25) is 0 Å². The van der Waals surface area contributed by atoms with Gasteiger partial charge in [-0.3, -0.25) is 0 Å². The molecule has 3 heteroatoms. The first-order valence-electron chi connectivity index (χ1n) is 4.80. The standard InChI is InChI=1S/C9H16FNO/c10-9-5-11-4-8(9)7-2-1-3-12-6-7/h7-9,11H,1-6H2. The van der Waals surface area contributed by atoms with E-state index in [0.29, 0.717) is 12.5 Å². The SMILES string of the molecule is FC1CNCC1C1CCCOC1. The minimum absolute atomic E-state index is 0.213. The lowest BCUT2D eigenvalue weighted by Gasteiger charge is -2.27. The zero-order valence-electron chi connectivity index (χ0n) is 7.26. The van der Waals surface area contributed by atoms with Gasteiger partial charge in [0.25, 0.3) is 0 Å². The number of rotatable bonds is 1. The van der Waals surface area contributed by atoms with Crippen LogP contribution in [0.15, 0.2) is 0 Å². The van der Waals surface area contributed by atoms with E-state index in [9.17, 15) is 4.39 Å². The van der Waals surface area contributed by atoms with Crippen LogP contribution in [0.25, 0.3) is 0 Å². The second kappa shape index (κ2) is 3.71. The first kappa shape index (κ1) is 8.45. The van der Waals surface area contributed by atoms with E-state index in [1.807, 2.05) is 0 Å². The zero-order valence-corrected chi connectivity index (χ0v) is 7.26. The van der Waals surface area contributed by atoms with Gasteiger partial charge in [0.15, 0.2) is 0 Å². The van der Waals surface area contributed by atoms with E-state index in [2.05, 4.69) is 5.32 Å². The maximum absolute atomic E-state index is 13.3. The highest BCUT2D eigenvalue weighted by molar-refractivity contribution is 4.86. The first-order chi connectivity index (χ1) is 5.88. The molecule has 0 radical (unpaired) electrons. The van der Waals surface area contributed by atoms with Gasteiger partial charge >= 0.3 is 0 Å². The monoisotopic (exact) mass is 173 g/mol. The molecule has 0 saturated carbocycles. The van der Waals surface area contributed by atoms with Gasteiger partial charge in [-0.2, -0.15) is 0 Å². The quantitative estimate of drug-likeness (QED) is 0.638. The highest BCUT2D eigenvalue weighted by Crippen LogP contribution is 2.28. The molecule has 12 heavy (non-hydrogen) atoms. The Morgan fingerprint density at radius 2 is 2.25 bits per heavy atom. The van der Waals surface area contributed by atoms with E-state index in [4.69, 9.17) is 4.74 Å². The third-order valence-electron chi connectivity index (χ3n) is 2.98. The summed E-state index contributed by atoms with van der Waals surface area (Å²) in [5.74, 6) is 0.675. The van der Waals surface area contributed by atoms with Gasteiger partial charge in [0.05, 0.1) is 0 Å². The third kappa shape index (κ3) is 1.62. The lowest BCUT2D eigenvalue weighted by atomic mass is 9.86. The van der Waals surface area contributed by atoms with Gasteiger partial charge in [-0.05, 0) is 18.8 Å². The molecule has 0 amide bonds. The summed E-state index contributed by atoms with van der Waals surface area (Å²) < 4.78 is 18.6. The van der Waals surface area contributed by atoms with E-state index in [1.165, 1.54) is 0 Å². The first-order valence-corrected chi connectivity index (χ1v) is 4.80. The Balaban J connectivity index is 1.89. The molecule has 0 aromatic rings. The predicted octanol–water partition coefficient (Wildman–Crippen LogP) is 0.970. The fourth-order valence-corrected chi connectivity index (χ4v) is 2.23. The van der Waals surface area contributed by atoms with Crippen LogP contribution >= 0.6 is 0 Å². The average Bonchev–Trinajstić information content (AvgIpc) is 2.53. The van der Waals surface area contributed by atoms with Gasteiger partial charge in [-0.15, -0.1) is 0 Å². The molecule has 0 spiro atoms. The number of halogens is 1. The average molecular weight is 173 g/mol. The number of ether oxygens (including phenoxy) is 1. The van der Waals surface area contributed by atoms with Gasteiger partial charge in [0, 0.05) is 32.2 Å². The van der Waals surface area contributed by atoms with Gasteiger partial charge in [-0.1, -0.05) is 0 Å². The molecule has 0 aromatic carbocycles.